The highest BCUT2D eigenvalue weighted by Crippen LogP contribution is 2.39. The number of carbonyl (C=O) groups excluding carboxylic acids is 1. The molecule has 1 fully saturated rings. The van der Waals surface area contributed by atoms with Crippen LogP contribution >= 0.6 is 11.3 Å². The Morgan fingerprint density at radius 2 is 1.95 bits per heavy atom. The van der Waals surface area contributed by atoms with Crippen LogP contribution < -0.4 is 10.6 Å². The number of carboxylic acid groups (broad SMARTS) is 1. The van der Waals surface area contributed by atoms with E-state index in [-0.39, 0.29) is 11.3 Å². The van der Waals surface area contributed by atoms with Crippen LogP contribution in [0.5, 0.6) is 0 Å². The van der Waals surface area contributed by atoms with Gasteiger partial charge in [0.15, 0.2) is 5.13 Å². The van der Waals surface area contributed by atoms with Gasteiger partial charge < -0.3 is 10.4 Å². The van der Waals surface area contributed by atoms with Gasteiger partial charge >= 0.3 is 12.0 Å². The third-order valence-corrected chi connectivity index (χ3v) is 4.46. The molecule has 0 aliphatic heterocycles. The lowest BCUT2D eigenvalue weighted by molar-refractivity contribution is -0.144. The zero-order valence-corrected chi connectivity index (χ0v) is 13.5. The molecule has 1 heterocycles. The number of rotatable bonds is 4. The molecule has 1 unspecified atom stereocenters. The van der Waals surface area contributed by atoms with Gasteiger partial charge in [-0.15, -0.1) is 11.3 Å². The molecule has 2 rings (SSSR count). The van der Waals surface area contributed by atoms with Gasteiger partial charge in [-0.3, -0.25) is 5.32 Å². The number of urea groups is 1. The minimum absolute atomic E-state index is 0.00202. The summed E-state index contributed by atoms with van der Waals surface area (Å²) in [5.41, 5.74) is -0.406. The summed E-state index contributed by atoms with van der Waals surface area (Å²) in [6.45, 7) is 7.68. The molecular weight excluding hydrogens is 290 g/mol. The van der Waals surface area contributed by atoms with Crippen molar-refractivity contribution >= 4 is 28.5 Å². The predicted molar refractivity (Wildman–Crippen MR) is 81.7 cm³/mol. The van der Waals surface area contributed by atoms with E-state index in [1.165, 1.54) is 11.3 Å². The lowest BCUT2D eigenvalue weighted by Gasteiger charge is -2.25. The first-order valence-corrected chi connectivity index (χ1v) is 7.79. The Kier molecular flexibility index (Phi) is 3.97. The Morgan fingerprint density at radius 3 is 2.38 bits per heavy atom. The fourth-order valence-corrected chi connectivity index (χ4v) is 2.96. The van der Waals surface area contributed by atoms with Crippen LogP contribution in [-0.2, 0) is 10.2 Å². The van der Waals surface area contributed by atoms with E-state index < -0.39 is 17.5 Å². The number of hydrogen-bond donors (Lipinski definition) is 3. The SMILES string of the molecule is CC(C)(C)c1csc(NC(=O)NC(C)(C(=O)O)C2CC2)n1. The van der Waals surface area contributed by atoms with Crippen LogP contribution in [0.15, 0.2) is 5.38 Å². The zero-order valence-electron chi connectivity index (χ0n) is 12.7. The molecule has 0 radical (unpaired) electrons. The molecule has 3 N–H and O–H groups in total. The average Bonchev–Trinajstić information content (AvgIpc) is 3.09. The first-order chi connectivity index (χ1) is 9.63. The molecule has 1 atom stereocenters. The van der Waals surface area contributed by atoms with E-state index in [0.29, 0.717) is 5.13 Å². The van der Waals surface area contributed by atoms with Crippen LogP contribution in [-0.4, -0.2) is 27.6 Å². The number of anilines is 1. The van der Waals surface area contributed by atoms with Gasteiger partial charge in [0.05, 0.1) is 5.69 Å². The van der Waals surface area contributed by atoms with Crippen molar-refractivity contribution in [3.05, 3.63) is 11.1 Å². The van der Waals surface area contributed by atoms with E-state index in [4.69, 9.17) is 0 Å². The van der Waals surface area contributed by atoms with E-state index in [0.717, 1.165) is 18.5 Å². The maximum Gasteiger partial charge on any atom is 0.329 e. The quantitative estimate of drug-likeness (QED) is 0.797. The number of carbonyl (C=O) groups is 2. The van der Waals surface area contributed by atoms with E-state index in [9.17, 15) is 14.7 Å². The zero-order chi connectivity index (χ0) is 15.8. The fraction of sp³-hybridized carbons (Fsp3) is 0.643. The largest absolute Gasteiger partial charge is 0.480 e. The molecule has 0 bridgehead atoms. The van der Waals surface area contributed by atoms with Crippen LogP contribution in [0.4, 0.5) is 9.93 Å². The highest BCUT2D eigenvalue weighted by Gasteiger charge is 2.48. The normalized spacial score (nSPS) is 17.9. The summed E-state index contributed by atoms with van der Waals surface area (Å²) in [5, 5.41) is 16.9. The van der Waals surface area contributed by atoms with Gasteiger partial charge in [0, 0.05) is 10.8 Å². The Hall–Kier alpha value is -1.63. The van der Waals surface area contributed by atoms with Crippen molar-refractivity contribution in [3.8, 4) is 0 Å². The first-order valence-electron chi connectivity index (χ1n) is 6.91. The first kappa shape index (κ1) is 15.8. The standard InChI is InChI=1S/C14H21N3O3S/c1-13(2,3)9-7-21-12(15-9)16-11(20)17-14(4,10(18)19)8-5-6-8/h7-8H,5-6H2,1-4H3,(H,18,19)(H2,15,16,17,20). The van der Waals surface area contributed by atoms with Gasteiger partial charge in [0.2, 0.25) is 0 Å². The Bertz CT molecular complexity index is 560. The monoisotopic (exact) mass is 311 g/mol. The number of hydrogen-bond acceptors (Lipinski definition) is 4. The summed E-state index contributed by atoms with van der Waals surface area (Å²) in [5.74, 6) is -1.00. The van der Waals surface area contributed by atoms with Crippen LogP contribution in [0.3, 0.4) is 0 Å². The molecule has 1 aliphatic carbocycles. The molecule has 7 heteroatoms. The predicted octanol–water partition coefficient (Wildman–Crippen LogP) is 2.82. The van der Waals surface area contributed by atoms with Gasteiger partial charge in [-0.1, -0.05) is 20.8 Å². The Balaban J connectivity index is 2.01. The second-order valence-electron chi connectivity index (χ2n) is 6.65. The van der Waals surface area contributed by atoms with E-state index in [1.54, 1.807) is 6.92 Å². The second-order valence-corrected chi connectivity index (χ2v) is 7.51. The van der Waals surface area contributed by atoms with Crippen molar-refractivity contribution in [2.45, 2.75) is 51.5 Å². The molecule has 0 spiro atoms. The molecule has 21 heavy (non-hydrogen) atoms. The van der Waals surface area contributed by atoms with Crippen LogP contribution in [0, 0.1) is 5.92 Å². The topological polar surface area (TPSA) is 91.3 Å². The lowest BCUT2D eigenvalue weighted by atomic mass is 9.93. The number of nitrogens with zero attached hydrogens (tertiary/aromatic N) is 1. The van der Waals surface area contributed by atoms with Gasteiger partial charge in [-0.25, -0.2) is 14.6 Å². The van der Waals surface area contributed by atoms with Crippen LogP contribution in [0.25, 0.3) is 0 Å². The number of aromatic nitrogens is 1. The summed E-state index contributed by atoms with van der Waals surface area (Å²) in [6.07, 6.45) is 1.66. The van der Waals surface area contributed by atoms with Crippen molar-refractivity contribution in [1.29, 1.82) is 0 Å². The molecule has 2 amide bonds. The van der Waals surface area contributed by atoms with Crippen molar-refractivity contribution in [3.63, 3.8) is 0 Å². The molecule has 1 aromatic rings. The summed E-state index contributed by atoms with van der Waals surface area (Å²) in [7, 11) is 0. The highest BCUT2D eigenvalue weighted by molar-refractivity contribution is 7.13. The molecule has 6 nitrogen and oxygen atoms in total. The Morgan fingerprint density at radius 1 is 1.33 bits per heavy atom. The third kappa shape index (κ3) is 3.53. The Labute approximate surface area is 128 Å². The molecule has 0 saturated heterocycles. The van der Waals surface area contributed by atoms with Crippen molar-refractivity contribution in [2.75, 3.05) is 5.32 Å². The number of aliphatic carboxylic acids is 1. The summed E-state index contributed by atoms with van der Waals surface area (Å²) in [6, 6.07) is -0.526. The minimum Gasteiger partial charge on any atom is -0.480 e. The minimum atomic E-state index is -1.21. The molecule has 0 aromatic carbocycles. The fourth-order valence-electron chi connectivity index (χ4n) is 2.03. The molecule has 1 aliphatic rings. The number of thiazole rings is 1. The maximum atomic E-state index is 12.0. The molecule has 1 saturated carbocycles. The second kappa shape index (κ2) is 5.29. The summed E-state index contributed by atoms with van der Waals surface area (Å²) >= 11 is 1.33. The van der Waals surface area contributed by atoms with Gasteiger partial charge in [-0.05, 0) is 25.7 Å². The number of nitrogens with one attached hydrogen (secondary N) is 2. The highest BCUT2D eigenvalue weighted by atomic mass is 32.1. The van der Waals surface area contributed by atoms with Crippen LogP contribution in [0.2, 0.25) is 0 Å². The van der Waals surface area contributed by atoms with Gasteiger partial charge in [-0.2, -0.15) is 0 Å². The van der Waals surface area contributed by atoms with Crippen molar-refractivity contribution in [2.24, 2.45) is 5.92 Å². The van der Waals surface area contributed by atoms with Crippen molar-refractivity contribution < 1.29 is 14.7 Å². The smallest absolute Gasteiger partial charge is 0.329 e. The average molecular weight is 311 g/mol. The summed E-state index contributed by atoms with van der Waals surface area (Å²) in [4.78, 5) is 27.7. The number of amides is 2. The molecule has 1 aromatic heterocycles. The van der Waals surface area contributed by atoms with Gasteiger partial charge in [0.1, 0.15) is 5.54 Å². The van der Waals surface area contributed by atoms with E-state index in [1.807, 2.05) is 26.2 Å². The third-order valence-electron chi connectivity index (χ3n) is 3.70. The summed E-state index contributed by atoms with van der Waals surface area (Å²) < 4.78 is 0. The van der Waals surface area contributed by atoms with Crippen molar-refractivity contribution in [1.82, 2.24) is 10.3 Å². The maximum absolute atomic E-state index is 12.0. The molecular formula is C14H21N3O3S. The number of carboxylic acids is 1. The van der Waals surface area contributed by atoms with Crippen LogP contribution in [0.1, 0.15) is 46.2 Å². The molecule has 116 valence electrons. The lowest BCUT2D eigenvalue weighted by Crippen LogP contribution is -2.55. The van der Waals surface area contributed by atoms with E-state index >= 15 is 0 Å². The van der Waals surface area contributed by atoms with Gasteiger partial charge in [0.25, 0.3) is 0 Å². The van der Waals surface area contributed by atoms with E-state index in [2.05, 4.69) is 15.6 Å².